The molecule has 2 aromatic rings. The maximum absolute atomic E-state index is 12.7. The Morgan fingerprint density at radius 2 is 1.94 bits per heavy atom. The Morgan fingerprint density at radius 3 is 2.65 bits per heavy atom. The van der Waals surface area contributed by atoms with E-state index in [1.165, 1.54) is 17.7 Å². The van der Waals surface area contributed by atoms with E-state index in [0.29, 0.717) is 13.1 Å². The van der Waals surface area contributed by atoms with Gasteiger partial charge in [-0.15, -0.1) is 0 Å². The Labute approximate surface area is 100 Å². The van der Waals surface area contributed by atoms with Gasteiger partial charge in [-0.1, -0.05) is 12.1 Å². The third-order valence-corrected chi connectivity index (χ3v) is 2.61. The normalized spacial score (nSPS) is 10.7. The minimum absolute atomic E-state index is 0.210. The van der Waals surface area contributed by atoms with E-state index in [2.05, 4.69) is 5.10 Å². The van der Waals surface area contributed by atoms with Crippen molar-refractivity contribution in [2.24, 2.45) is 5.73 Å². The fraction of sp³-hybridized carbons (Fsp3) is 0.308. The van der Waals surface area contributed by atoms with Crippen molar-refractivity contribution in [1.29, 1.82) is 0 Å². The van der Waals surface area contributed by atoms with Gasteiger partial charge in [-0.25, -0.2) is 4.39 Å². The molecule has 0 saturated heterocycles. The average Bonchev–Trinajstić information content (AvgIpc) is 2.77. The number of aryl methyl sites for hydroxylation is 1. The van der Waals surface area contributed by atoms with Crippen LogP contribution in [0.25, 0.3) is 0 Å². The Bertz CT molecular complexity index is 462. The van der Waals surface area contributed by atoms with Crippen molar-refractivity contribution in [1.82, 2.24) is 9.78 Å². The van der Waals surface area contributed by atoms with Crippen LogP contribution in [0.4, 0.5) is 4.39 Å². The van der Waals surface area contributed by atoms with Crippen LogP contribution in [0.2, 0.25) is 0 Å². The minimum Gasteiger partial charge on any atom is -0.330 e. The van der Waals surface area contributed by atoms with Gasteiger partial charge in [0.05, 0.1) is 12.7 Å². The molecule has 0 unspecified atom stereocenters. The third kappa shape index (κ3) is 3.39. The average molecular weight is 233 g/mol. The highest BCUT2D eigenvalue weighted by molar-refractivity contribution is 5.16. The number of halogens is 1. The lowest BCUT2D eigenvalue weighted by molar-refractivity contribution is 0.624. The fourth-order valence-corrected chi connectivity index (χ4v) is 1.71. The van der Waals surface area contributed by atoms with Gasteiger partial charge in [0, 0.05) is 6.20 Å². The van der Waals surface area contributed by atoms with Gasteiger partial charge in [0.1, 0.15) is 5.82 Å². The van der Waals surface area contributed by atoms with E-state index in [1.807, 2.05) is 17.1 Å². The molecule has 2 N–H and O–H groups in total. The van der Waals surface area contributed by atoms with Crippen molar-refractivity contribution in [3.05, 3.63) is 53.6 Å². The standard InChI is InChI=1S/C13H16FN3/c14-13-5-3-11(4-6-13)9-17-10-12(8-16-17)2-1-7-15/h3-6,8,10H,1-2,7,9,15H2. The molecule has 0 aliphatic heterocycles. The summed E-state index contributed by atoms with van der Waals surface area (Å²) in [5.41, 5.74) is 7.69. The summed E-state index contributed by atoms with van der Waals surface area (Å²) in [6.07, 6.45) is 5.81. The monoisotopic (exact) mass is 233 g/mol. The van der Waals surface area contributed by atoms with Gasteiger partial charge in [-0.3, -0.25) is 4.68 Å². The Morgan fingerprint density at radius 1 is 1.18 bits per heavy atom. The first-order valence-electron chi connectivity index (χ1n) is 5.74. The highest BCUT2D eigenvalue weighted by Gasteiger charge is 2.00. The largest absolute Gasteiger partial charge is 0.330 e. The van der Waals surface area contributed by atoms with Gasteiger partial charge in [-0.05, 0) is 42.6 Å². The number of aromatic nitrogens is 2. The molecule has 3 nitrogen and oxygen atoms in total. The van der Waals surface area contributed by atoms with Crippen LogP contribution in [0.5, 0.6) is 0 Å². The van der Waals surface area contributed by atoms with Gasteiger partial charge in [0.2, 0.25) is 0 Å². The van der Waals surface area contributed by atoms with Crippen LogP contribution < -0.4 is 5.73 Å². The lowest BCUT2D eigenvalue weighted by Crippen LogP contribution is -2.01. The SMILES string of the molecule is NCCCc1cnn(Cc2ccc(F)cc2)c1. The van der Waals surface area contributed by atoms with Crippen LogP contribution in [0, 0.1) is 5.82 Å². The van der Waals surface area contributed by atoms with E-state index in [4.69, 9.17) is 5.73 Å². The summed E-state index contributed by atoms with van der Waals surface area (Å²) in [5.74, 6) is -0.210. The summed E-state index contributed by atoms with van der Waals surface area (Å²) < 4.78 is 14.6. The molecule has 0 spiro atoms. The molecule has 1 aromatic heterocycles. The van der Waals surface area contributed by atoms with Crippen LogP contribution in [0.3, 0.4) is 0 Å². The lowest BCUT2D eigenvalue weighted by Gasteiger charge is -2.01. The van der Waals surface area contributed by atoms with Gasteiger partial charge in [0.15, 0.2) is 0 Å². The van der Waals surface area contributed by atoms with Crippen molar-refractivity contribution in [3.63, 3.8) is 0 Å². The zero-order valence-corrected chi connectivity index (χ0v) is 9.64. The van der Waals surface area contributed by atoms with Gasteiger partial charge >= 0.3 is 0 Å². The molecule has 1 aromatic carbocycles. The zero-order valence-electron chi connectivity index (χ0n) is 9.64. The Hall–Kier alpha value is -1.68. The summed E-state index contributed by atoms with van der Waals surface area (Å²) in [6, 6.07) is 6.48. The van der Waals surface area contributed by atoms with Crippen molar-refractivity contribution >= 4 is 0 Å². The number of hydrogen-bond acceptors (Lipinski definition) is 2. The zero-order chi connectivity index (χ0) is 12.1. The molecule has 0 aliphatic rings. The summed E-state index contributed by atoms with van der Waals surface area (Å²) >= 11 is 0. The predicted octanol–water partition coefficient (Wildman–Crippen LogP) is 1.96. The summed E-state index contributed by atoms with van der Waals surface area (Å²) in [4.78, 5) is 0. The molecule has 0 aliphatic carbocycles. The number of hydrogen-bond donors (Lipinski definition) is 1. The molecule has 0 bridgehead atoms. The molecule has 90 valence electrons. The van der Waals surface area contributed by atoms with Crippen LogP contribution in [0.15, 0.2) is 36.7 Å². The molecular weight excluding hydrogens is 217 g/mol. The van der Waals surface area contributed by atoms with Gasteiger partial charge < -0.3 is 5.73 Å². The van der Waals surface area contributed by atoms with E-state index >= 15 is 0 Å². The first-order valence-corrected chi connectivity index (χ1v) is 5.74. The molecule has 2 rings (SSSR count). The molecule has 0 fully saturated rings. The molecule has 0 saturated carbocycles. The van der Waals surface area contributed by atoms with Crippen molar-refractivity contribution in [2.75, 3.05) is 6.54 Å². The van der Waals surface area contributed by atoms with Crippen molar-refractivity contribution in [3.8, 4) is 0 Å². The number of nitrogens with zero attached hydrogens (tertiary/aromatic N) is 2. The Kier molecular flexibility index (Phi) is 3.88. The number of nitrogens with two attached hydrogens (primary N) is 1. The molecule has 17 heavy (non-hydrogen) atoms. The van der Waals surface area contributed by atoms with E-state index in [-0.39, 0.29) is 5.82 Å². The minimum atomic E-state index is -0.210. The maximum atomic E-state index is 12.7. The summed E-state index contributed by atoms with van der Waals surface area (Å²) in [7, 11) is 0. The van der Waals surface area contributed by atoms with E-state index in [9.17, 15) is 4.39 Å². The Balaban J connectivity index is 1.98. The third-order valence-electron chi connectivity index (χ3n) is 2.61. The first-order chi connectivity index (χ1) is 8.28. The van der Waals surface area contributed by atoms with E-state index in [1.54, 1.807) is 12.1 Å². The highest BCUT2D eigenvalue weighted by Crippen LogP contribution is 2.07. The second-order valence-electron chi connectivity index (χ2n) is 4.06. The van der Waals surface area contributed by atoms with Crippen molar-refractivity contribution in [2.45, 2.75) is 19.4 Å². The number of rotatable bonds is 5. The van der Waals surface area contributed by atoms with E-state index in [0.717, 1.165) is 18.4 Å². The molecule has 0 amide bonds. The molecule has 0 atom stereocenters. The van der Waals surface area contributed by atoms with Crippen LogP contribution in [0.1, 0.15) is 17.5 Å². The topological polar surface area (TPSA) is 43.8 Å². The quantitative estimate of drug-likeness (QED) is 0.858. The van der Waals surface area contributed by atoms with Gasteiger partial charge in [0.25, 0.3) is 0 Å². The molecule has 0 radical (unpaired) electrons. The lowest BCUT2D eigenvalue weighted by atomic mass is 10.2. The highest BCUT2D eigenvalue weighted by atomic mass is 19.1. The molecular formula is C13H16FN3. The molecule has 1 heterocycles. The van der Waals surface area contributed by atoms with Crippen LogP contribution in [-0.4, -0.2) is 16.3 Å². The predicted molar refractivity (Wildman–Crippen MR) is 65.1 cm³/mol. The van der Waals surface area contributed by atoms with Crippen LogP contribution >= 0.6 is 0 Å². The first kappa shape index (κ1) is 11.8. The van der Waals surface area contributed by atoms with Crippen LogP contribution in [-0.2, 0) is 13.0 Å². The summed E-state index contributed by atoms with van der Waals surface area (Å²) in [5, 5.41) is 4.27. The second kappa shape index (κ2) is 5.59. The van der Waals surface area contributed by atoms with Crippen molar-refractivity contribution < 1.29 is 4.39 Å². The fourth-order valence-electron chi connectivity index (χ4n) is 1.71. The van der Waals surface area contributed by atoms with E-state index < -0.39 is 0 Å². The second-order valence-corrected chi connectivity index (χ2v) is 4.06. The van der Waals surface area contributed by atoms with Gasteiger partial charge in [-0.2, -0.15) is 5.10 Å². The maximum Gasteiger partial charge on any atom is 0.123 e. The smallest absolute Gasteiger partial charge is 0.123 e. The number of benzene rings is 1. The summed E-state index contributed by atoms with van der Waals surface area (Å²) in [6.45, 7) is 1.37. The molecule has 4 heteroatoms.